The number of hydrogen-bond acceptors (Lipinski definition) is 4. The fraction of sp³-hybridized carbons (Fsp3) is 0.375. The Hall–Kier alpha value is -1.72. The van der Waals surface area contributed by atoms with Crippen LogP contribution >= 0.6 is 11.3 Å². The van der Waals surface area contributed by atoms with Crippen molar-refractivity contribution in [3.8, 4) is 0 Å². The number of aliphatic hydroxyl groups excluding tert-OH is 1. The lowest BCUT2D eigenvalue weighted by Gasteiger charge is -2.14. The molecule has 2 N–H and O–H groups in total. The zero-order valence-corrected chi connectivity index (χ0v) is 13.1. The Morgan fingerprint density at radius 1 is 1.33 bits per heavy atom. The molecule has 5 heteroatoms. The molecule has 0 saturated heterocycles. The minimum Gasteiger partial charge on any atom is -0.391 e. The quantitative estimate of drug-likeness (QED) is 0.862. The number of aliphatic hydroxyl groups is 1. The smallest absolute Gasteiger partial charge is 0.263 e. The molecule has 2 rings (SSSR count). The first kappa shape index (κ1) is 15.7. The number of amides is 1. The molecule has 1 unspecified atom stereocenters. The third-order valence-electron chi connectivity index (χ3n) is 3.22. The highest BCUT2D eigenvalue weighted by Gasteiger charge is 2.14. The Morgan fingerprint density at radius 2 is 2.05 bits per heavy atom. The Bertz CT molecular complexity index is 581. The highest BCUT2D eigenvalue weighted by atomic mass is 32.1. The van der Waals surface area contributed by atoms with Gasteiger partial charge in [-0.25, -0.2) is 4.98 Å². The molecule has 1 amide bonds. The number of carbonyl (C=O) groups excluding carboxylic acids is 1. The molecule has 21 heavy (non-hydrogen) atoms. The van der Waals surface area contributed by atoms with Crippen molar-refractivity contribution in [3.63, 3.8) is 0 Å². The Kier molecular flexibility index (Phi) is 5.47. The summed E-state index contributed by atoms with van der Waals surface area (Å²) in [5.74, 6) is -0.0492. The van der Waals surface area contributed by atoms with E-state index in [1.54, 1.807) is 6.20 Å². The fourth-order valence-corrected chi connectivity index (χ4v) is 2.66. The number of benzene rings is 1. The summed E-state index contributed by atoms with van der Waals surface area (Å²) in [7, 11) is 0. The molecule has 0 aliphatic rings. The second-order valence-electron chi connectivity index (χ2n) is 5.30. The number of carbonyl (C=O) groups is 1. The monoisotopic (exact) mass is 304 g/mol. The van der Waals surface area contributed by atoms with Gasteiger partial charge in [-0.3, -0.25) is 4.79 Å². The summed E-state index contributed by atoms with van der Waals surface area (Å²) in [6.07, 6.45) is 1.80. The predicted molar refractivity (Wildman–Crippen MR) is 84.5 cm³/mol. The van der Waals surface area contributed by atoms with Crippen LogP contribution in [-0.4, -0.2) is 28.6 Å². The van der Waals surface area contributed by atoms with Crippen LogP contribution in [0.15, 0.2) is 36.5 Å². The van der Waals surface area contributed by atoms with Gasteiger partial charge in [-0.15, -0.1) is 11.3 Å². The van der Waals surface area contributed by atoms with E-state index in [2.05, 4.69) is 10.3 Å². The first-order valence-corrected chi connectivity index (χ1v) is 7.83. The van der Waals surface area contributed by atoms with Gasteiger partial charge in [0.05, 0.1) is 17.3 Å². The molecule has 0 radical (unpaired) electrons. The first-order chi connectivity index (χ1) is 10.1. The highest BCUT2D eigenvalue weighted by molar-refractivity contribution is 7.13. The summed E-state index contributed by atoms with van der Waals surface area (Å²) >= 11 is 1.39. The number of nitrogens with one attached hydrogen (secondary N) is 1. The number of thiazole rings is 1. The van der Waals surface area contributed by atoms with Gasteiger partial charge < -0.3 is 10.4 Å². The number of nitrogens with zero attached hydrogens (tertiary/aromatic N) is 1. The van der Waals surface area contributed by atoms with Gasteiger partial charge in [0, 0.05) is 13.0 Å². The van der Waals surface area contributed by atoms with Crippen LogP contribution < -0.4 is 5.32 Å². The summed E-state index contributed by atoms with van der Waals surface area (Å²) in [6.45, 7) is 4.10. The van der Waals surface area contributed by atoms with Gasteiger partial charge in [-0.2, -0.15) is 0 Å². The molecule has 4 nitrogen and oxygen atoms in total. The summed E-state index contributed by atoms with van der Waals surface area (Å²) in [6, 6.07) is 10.0. The highest BCUT2D eigenvalue weighted by Crippen LogP contribution is 2.16. The molecule has 0 saturated carbocycles. The number of aromatic nitrogens is 1. The molecule has 0 aliphatic heterocycles. The zero-order valence-electron chi connectivity index (χ0n) is 12.2. The average Bonchev–Trinajstić information content (AvgIpc) is 2.94. The van der Waals surface area contributed by atoms with Gasteiger partial charge in [0.2, 0.25) is 0 Å². The Labute approximate surface area is 128 Å². The largest absolute Gasteiger partial charge is 0.391 e. The number of hydrogen-bond donors (Lipinski definition) is 2. The van der Waals surface area contributed by atoms with Gasteiger partial charge in [0.15, 0.2) is 0 Å². The standard InChI is InChI=1S/C16H20N2O2S/c1-11(2)13(19)9-18-16(20)14-10-17-15(21-14)8-12-6-4-3-5-7-12/h3-7,10-11,13,19H,8-9H2,1-2H3,(H,18,20). The lowest BCUT2D eigenvalue weighted by Crippen LogP contribution is -2.34. The van der Waals surface area contributed by atoms with Crippen LogP contribution in [0.4, 0.5) is 0 Å². The average molecular weight is 304 g/mol. The normalized spacial score (nSPS) is 12.4. The van der Waals surface area contributed by atoms with Crippen LogP contribution in [0.25, 0.3) is 0 Å². The van der Waals surface area contributed by atoms with Crippen LogP contribution in [0.2, 0.25) is 0 Å². The third kappa shape index (κ3) is 4.65. The van der Waals surface area contributed by atoms with Crippen molar-refractivity contribution in [2.45, 2.75) is 26.4 Å². The maximum atomic E-state index is 12.0. The zero-order chi connectivity index (χ0) is 15.2. The van der Waals surface area contributed by atoms with E-state index in [-0.39, 0.29) is 18.4 Å². The van der Waals surface area contributed by atoms with E-state index in [0.29, 0.717) is 4.88 Å². The topological polar surface area (TPSA) is 62.2 Å². The van der Waals surface area contributed by atoms with Crippen molar-refractivity contribution in [1.82, 2.24) is 10.3 Å². The van der Waals surface area contributed by atoms with Gasteiger partial charge in [0.1, 0.15) is 4.88 Å². The van der Waals surface area contributed by atoms with Gasteiger partial charge in [-0.05, 0) is 11.5 Å². The third-order valence-corrected chi connectivity index (χ3v) is 4.21. The molecule has 2 aromatic rings. The van der Waals surface area contributed by atoms with Crippen LogP contribution in [0.3, 0.4) is 0 Å². The summed E-state index contributed by atoms with van der Waals surface area (Å²) in [5.41, 5.74) is 1.18. The van der Waals surface area contributed by atoms with Crippen molar-refractivity contribution in [2.75, 3.05) is 6.54 Å². The SMILES string of the molecule is CC(C)C(O)CNC(=O)c1cnc(Cc2ccccc2)s1. The molecule has 112 valence electrons. The molecule has 1 aromatic heterocycles. The van der Waals surface area contributed by atoms with Crippen LogP contribution in [0.5, 0.6) is 0 Å². The predicted octanol–water partition coefficient (Wildman–Crippen LogP) is 2.48. The molecule has 1 heterocycles. The Balaban J connectivity index is 1.92. The molecule has 0 bridgehead atoms. The summed E-state index contributed by atoms with van der Waals surface area (Å²) < 4.78 is 0. The van der Waals surface area contributed by atoms with E-state index >= 15 is 0 Å². The number of rotatable bonds is 6. The van der Waals surface area contributed by atoms with E-state index in [0.717, 1.165) is 11.4 Å². The van der Waals surface area contributed by atoms with E-state index in [4.69, 9.17) is 0 Å². The van der Waals surface area contributed by atoms with Crippen molar-refractivity contribution in [1.29, 1.82) is 0 Å². The van der Waals surface area contributed by atoms with Crippen LogP contribution in [0, 0.1) is 5.92 Å². The fourth-order valence-electron chi connectivity index (χ4n) is 1.79. The van der Waals surface area contributed by atoms with E-state index in [1.807, 2.05) is 44.2 Å². The summed E-state index contributed by atoms with van der Waals surface area (Å²) in [4.78, 5) is 16.9. The van der Waals surface area contributed by atoms with E-state index < -0.39 is 6.10 Å². The first-order valence-electron chi connectivity index (χ1n) is 7.01. The van der Waals surface area contributed by atoms with Crippen molar-refractivity contribution in [3.05, 3.63) is 52.0 Å². The second-order valence-corrected chi connectivity index (χ2v) is 6.42. The minimum atomic E-state index is -0.523. The van der Waals surface area contributed by atoms with Gasteiger partial charge in [0.25, 0.3) is 5.91 Å². The molecule has 0 aliphatic carbocycles. The van der Waals surface area contributed by atoms with Crippen LogP contribution in [-0.2, 0) is 6.42 Å². The molecule has 1 atom stereocenters. The van der Waals surface area contributed by atoms with E-state index in [1.165, 1.54) is 16.9 Å². The van der Waals surface area contributed by atoms with Gasteiger partial charge in [-0.1, -0.05) is 44.2 Å². The molecular weight excluding hydrogens is 284 g/mol. The minimum absolute atomic E-state index is 0.125. The maximum absolute atomic E-state index is 12.0. The van der Waals surface area contributed by atoms with Crippen molar-refractivity contribution < 1.29 is 9.90 Å². The van der Waals surface area contributed by atoms with E-state index in [9.17, 15) is 9.90 Å². The van der Waals surface area contributed by atoms with Crippen molar-refractivity contribution in [2.24, 2.45) is 5.92 Å². The van der Waals surface area contributed by atoms with Gasteiger partial charge >= 0.3 is 0 Å². The molecular formula is C16H20N2O2S. The lowest BCUT2D eigenvalue weighted by atomic mass is 10.1. The Morgan fingerprint density at radius 3 is 2.71 bits per heavy atom. The summed E-state index contributed by atoms with van der Waals surface area (Å²) in [5, 5.41) is 13.3. The lowest BCUT2D eigenvalue weighted by molar-refractivity contribution is 0.0875. The second kappa shape index (κ2) is 7.33. The molecule has 0 spiro atoms. The van der Waals surface area contributed by atoms with Crippen LogP contribution in [0.1, 0.15) is 34.1 Å². The molecule has 1 aromatic carbocycles. The maximum Gasteiger partial charge on any atom is 0.263 e. The van der Waals surface area contributed by atoms with Crippen molar-refractivity contribution >= 4 is 17.2 Å². The molecule has 0 fully saturated rings.